The molecule has 0 unspecified atom stereocenters. The fourth-order valence-corrected chi connectivity index (χ4v) is 3.91. The molecule has 2 heterocycles. The number of aliphatic hydroxyl groups is 1. The van der Waals surface area contributed by atoms with Crippen LogP contribution in [0, 0.1) is 0 Å². The molecule has 0 bridgehead atoms. The monoisotopic (exact) mass is 410 g/mol. The molecular weight excluding hydrogens is 388 g/mol. The molecule has 31 heavy (non-hydrogen) atoms. The first-order valence-corrected chi connectivity index (χ1v) is 10.3. The summed E-state index contributed by atoms with van der Waals surface area (Å²) in [6.07, 6.45) is 1.88. The smallest absolute Gasteiger partial charge is 0.254 e. The highest BCUT2D eigenvalue weighted by Gasteiger charge is 2.21. The van der Waals surface area contributed by atoms with Crippen LogP contribution in [0.4, 0.5) is 0 Å². The molecule has 1 aromatic heterocycles. The van der Waals surface area contributed by atoms with Gasteiger partial charge in [-0.1, -0.05) is 36.4 Å². The molecule has 5 nitrogen and oxygen atoms in total. The zero-order valence-corrected chi connectivity index (χ0v) is 17.0. The van der Waals surface area contributed by atoms with E-state index in [1.165, 1.54) is 0 Å². The van der Waals surface area contributed by atoms with Crippen molar-refractivity contribution in [3.8, 4) is 16.9 Å². The molecule has 1 aliphatic rings. The lowest BCUT2D eigenvalue weighted by Gasteiger charge is -2.20. The van der Waals surface area contributed by atoms with Crippen molar-refractivity contribution in [2.45, 2.75) is 13.2 Å². The van der Waals surface area contributed by atoms with Crippen molar-refractivity contribution in [1.29, 1.82) is 0 Å². The topological polar surface area (TPSA) is 62.7 Å². The number of amides is 1. The van der Waals surface area contributed by atoms with Crippen LogP contribution in [0.3, 0.4) is 0 Å². The van der Waals surface area contributed by atoms with Gasteiger partial charge in [0.2, 0.25) is 0 Å². The SMILES string of the molecule is O=C(c1ccc(CO)cc1)N1CCOc2ccc(-c3cnc4ccccc4c3)cc2C1. The second kappa shape index (κ2) is 8.20. The summed E-state index contributed by atoms with van der Waals surface area (Å²) in [5, 5.41) is 10.3. The highest BCUT2D eigenvalue weighted by molar-refractivity contribution is 5.94. The number of benzene rings is 3. The Bertz CT molecular complexity index is 1250. The van der Waals surface area contributed by atoms with Gasteiger partial charge in [-0.25, -0.2) is 0 Å². The van der Waals surface area contributed by atoms with Gasteiger partial charge < -0.3 is 14.7 Å². The second-order valence-electron chi connectivity index (χ2n) is 7.67. The number of hydrogen-bond acceptors (Lipinski definition) is 4. The predicted octanol–water partition coefficient (Wildman–Crippen LogP) is 4.43. The van der Waals surface area contributed by atoms with Gasteiger partial charge in [0.25, 0.3) is 5.91 Å². The minimum atomic E-state index is -0.0429. The predicted molar refractivity (Wildman–Crippen MR) is 120 cm³/mol. The minimum absolute atomic E-state index is 0.0359. The molecule has 0 radical (unpaired) electrons. The van der Waals surface area contributed by atoms with E-state index < -0.39 is 0 Å². The van der Waals surface area contributed by atoms with Gasteiger partial charge in [0.05, 0.1) is 18.7 Å². The molecule has 1 N–H and O–H groups in total. The zero-order chi connectivity index (χ0) is 21.2. The first kappa shape index (κ1) is 19.3. The van der Waals surface area contributed by atoms with Crippen LogP contribution in [0.25, 0.3) is 22.0 Å². The lowest BCUT2D eigenvalue weighted by atomic mass is 10.0. The Morgan fingerprint density at radius 1 is 1.00 bits per heavy atom. The first-order valence-electron chi connectivity index (χ1n) is 10.3. The van der Waals surface area contributed by atoms with Gasteiger partial charge in [-0.2, -0.15) is 0 Å². The summed E-state index contributed by atoms with van der Waals surface area (Å²) in [5.74, 6) is 0.766. The third-order valence-electron chi connectivity index (χ3n) is 5.63. The Morgan fingerprint density at radius 3 is 2.68 bits per heavy atom. The van der Waals surface area contributed by atoms with Crippen LogP contribution in [0.15, 0.2) is 79.0 Å². The molecule has 0 aliphatic carbocycles. The summed E-state index contributed by atoms with van der Waals surface area (Å²) in [6, 6.07) is 23.4. The fraction of sp³-hybridized carbons (Fsp3) is 0.154. The van der Waals surface area contributed by atoms with Crippen molar-refractivity contribution in [2.75, 3.05) is 13.2 Å². The number of carbonyl (C=O) groups excluding carboxylic acids is 1. The molecule has 3 aromatic carbocycles. The third-order valence-corrected chi connectivity index (χ3v) is 5.63. The summed E-state index contributed by atoms with van der Waals surface area (Å²) in [7, 11) is 0. The number of carbonyl (C=O) groups is 1. The van der Waals surface area contributed by atoms with E-state index in [4.69, 9.17) is 4.74 Å². The van der Waals surface area contributed by atoms with E-state index >= 15 is 0 Å². The molecule has 1 aliphatic heterocycles. The molecule has 0 fully saturated rings. The molecule has 1 amide bonds. The largest absolute Gasteiger partial charge is 0.491 e. The van der Waals surface area contributed by atoms with E-state index in [9.17, 15) is 9.90 Å². The second-order valence-corrected chi connectivity index (χ2v) is 7.67. The van der Waals surface area contributed by atoms with Crippen LogP contribution in [-0.4, -0.2) is 34.0 Å². The molecule has 0 atom stereocenters. The number of ether oxygens (including phenoxy) is 1. The van der Waals surface area contributed by atoms with Gasteiger partial charge in [-0.3, -0.25) is 9.78 Å². The van der Waals surface area contributed by atoms with Crippen molar-refractivity contribution in [1.82, 2.24) is 9.88 Å². The minimum Gasteiger partial charge on any atom is -0.491 e. The van der Waals surface area contributed by atoms with E-state index in [1.54, 1.807) is 24.3 Å². The maximum atomic E-state index is 13.1. The van der Waals surface area contributed by atoms with E-state index in [0.29, 0.717) is 25.3 Å². The zero-order valence-electron chi connectivity index (χ0n) is 17.0. The van der Waals surface area contributed by atoms with E-state index in [0.717, 1.165) is 38.9 Å². The Hall–Kier alpha value is -3.70. The fourth-order valence-electron chi connectivity index (χ4n) is 3.91. The quantitative estimate of drug-likeness (QED) is 0.543. The summed E-state index contributed by atoms with van der Waals surface area (Å²) in [5.41, 5.74) is 5.41. The van der Waals surface area contributed by atoms with Crippen molar-refractivity contribution in [3.05, 3.63) is 95.7 Å². The summed E-state index contributed by atoms with van der Waals surface area (Å²) in [6.45, 7) is 1.41. The van der Waals surface area contributed by atoms with Gasteiger partial charge >= 0.3 is 0 Å². The first-order chi connectivity index (χ1) is 15.2. The molecule has 0 saturated heterocycles. The maximum absolute atomic E-state index is 13.1. The Morgan fingerprint density at radius 2 is 1.84 bits per heavy atom. The Labute approximate surface area is 180 Å². The van der Waals surface area contributed by atoms with Gasteiger partial charge in [-0.15, -0.1) is 0 Å². The van der Waals surface area contributed by atoms with E-state index in [-0.39, 0.29) is 12.5 Å². The maximum Gasteiger partial charge on any atom is 0.254 e. The molecular formula is C26H22N2O3. The summed E-state index contributed by atoms with van der Waals surface area (Å²) >= 11 is 0. The highest BCUT2D eigenvalue weighted by Crippen LogP contribution is 2.30. The average Bonchev–Trinajstić information content (AvgIpc) is 3.05. The van der Waals surface area contributed by atoms with Crippen LogP contribution in [0.2, 0.25) is 0 Å². The lowest BCUT2D eigenvalue weighted by molar-refractivity contribution is 0.0733. The molecule has 0 saturated carbocycles. The van der Waals surface area contributed by atoms with Crippen molar-refractivity contribution >= 4 is 16.8 Å². The number of aromatic nitrogens is 1. The number of nitrogens with zero attached hydrogens (tertiary/aromatic N) is 2. The van der Waals surface area contributed by atoms with Crippen LogP contribution in [-0.2, 0) is 13.2 Å². The number of fused-ring (bicyclic) bond motifs is 2. The molecule has 4 aromatic rings. The molecule has 154 valence electrons. The van der Waals surface area contributed by atoms with Gasteiger partial charge in [0.1, 0.15) is 12.4 Å². The van der Waals surface area contributed by atoms with Crippen molar-refractivity contribution in [3.63, 3.8) is 0 Å². The highest BCUT2D eigenvalue weighted by atomic mass is 16.5. The molecule has 5 heteroatoms. The number of rotatable bonds is 3. The number of aliphatic hydroxyl groups excluding tert-OH is 1. The third kappa shape index (κ3) is 3.88. The van der Waals surface area contributed by atoms with Crippen LogP contribution < -0.4 is 4.74 Å². The van der Waals surface area contributed by atoms with Crippen LogP contribution in [0.5, 0.6) is 5.75 Å². The van der Waals surface area contributed by atoms with Crippen LogP contribution in [0.1, 0.15) is 21.5 Å². The van der Waals surface area contributed by atoms with Gasteiger partial charge in [0, 0.05) is 34.8 Å². The number of para-hydroxylation sites is 1. The van der Waals surface area contributed by atoms with Crippen molar-refractivity contribution < 1.29 is 14.6 Å². The Kier molecular flexibility index (Phi) is 5.10. The molecule has 0 spiro atoms. The van der Waals surface area contributed by atoms with Gasteiger partial charge in [-0.05, 0) is 47.5 Å². The van der Waals surface area contributed by atoms with Gasteiger partial charge in [0.15, 0.2) is 0 Å². The summed E-state index contributed by atoms with van der Waals surface area (Å²) < 4.78 is 5.92. The average molecular weight is 410 g/mol. The summed E-state index contributed by atoms with van der Waals surface area (Å²) in [4.78, 5) is 19.4. The Balaban J connectivity index is 1.44. The number of pyridine rings is 1. The lowest BCUT2D eigenvalue weighted by Crippen LogP contribution is -2.32. The number of hydrogen-bond donors (Lipinski definition) is 1. The van der Waals surface area contributed by atoms with E-state index in [2.05, 4.69) is 23.2 Å². The normalized spacial score (nSPS) is 13.4. The molecule has 5 rings (SSSR count). The van der Waals surface area contributed by atoms with E-state index in [1.807, 2.05) is 41.4 Å². The standard InChI is InChI=1S/C26H22N2O3/c29-17-18-5-7-19(8-6-18)26(30)28-11-12-31-25-10-9-20(13-23(25)16-28)22-14-21-3-1-2-4-24(21)27-15-22/h1-10,13-15,29H,11-12,16-17H2. The van der Waals surface area contributed by atoms with Crippen molar-refractivity contribution in [2.24, 2.45) is 0 Å². The van der Waals surface area contributed by atoms with Crippen LogP contribution >= 0.6 is 0 Å².